The second-order valence-electron chi connectivity index (χ2n) is 11.3. The van der Waals surface area contributed by atoms with E-state index in [1.54, 1.807) is 13.0 Å². The second kappa shape index (κ2) is 12.6. The van der Waals surface area contributed by atoms with Crippen LogP contribution < -0.4 is 9.47 Å². The Morgan fingerprint density at radius 3 is 2.79 bits per heavy atom. The van der Waals surface area contributed by atoms with Crippen molar-refractivity contribution in [3.8, 4) is 28.7 Å². The van der Waals surface area contributed by atoms with E-state index in [1.807, 2.05) is 37.3 Å². The Morgan fingerprint density at radius 1 is 1.12 bits per heavy atom. The highest BCUT2D eigenvalue weighted by molar-refractivity contribution is 5.90. The van der Waals surface area contributed by atoms with Crippen LogP contribution in [0.15, 0.2) is 60.8 Å². The molecule has 0 radical (unpaired) electrons. The van der Waals surface area contributed by atoms with Crippen molar-refractivity contribution in [2.45, 2.75) is 65.3 Å². The van der Waals surface area contributed by atoms with E-state index in [0.29, 0.717) is 36.9 Å². The van der Waals surface area contributed by atoms with Gasteiger partial charge in [-0.2, -0.15) is 9.78 Å². The molecule has 1 N–H and O–H groups in total. The second-order valence-corrected chi connectivity index (χ2v) is 11.3. The number of fused-ring (bicyclic) bond motifs is 1. The van der Waals surface area contributed by atoms with Crippen molar-refractivity contribution >= 4 is 5.97 Å². The molecule has 4 aromatic rings. The van der Waals surface area contributed by atoms with Crippen LogP contribution in [-0.2, 0) is 24.3 Å². The lowest BCUT2D eigenvalue weighted by Crippen LogP contribution is -2.44. The van der Waals surface area contributed by atoms with E-state index < -0.39 is 5.97 Å². The van der Waals surface area contributed by atoms with Crippen LogP contribution >= 0.6 is 0 Å². The first-order chi connectivity index (χ1) is 20.9. The summed E-state index contributed by atoms with van der Waals surface area (Å²) in [6.45, 7) is 9.68. The minimum Gasteiger partial charge on any atom is -0.488 e. The smallest absolute Gasteiger partial charge is 0.342 e. The Hall–Kier alpha value is -4.21. The molecular formula is C34H38N4O5. The van der Waals surface area contributed by atoms with Gasteiger partial charge in [0.05, 0.1) is 24.6 Å². The molecule has 6 rings (SSSR count). The fraction of sp³-hybridized carbons (Fsp3) is 0.382. The first-order valence-electron chi connectivity index (χ1n) is 15.0. The molecule has 224 valence electrons. The quantitative estimate of drug-likeness (QED) is 0.263. The molecule has 9 nitrogen and oxygen atoms in total. The predicted octanol–water partition coefficient (Wildman–Crippen LogP) is 5.84. The fourth-order valence-corrected chi connectivity index (χ4v) is 6.15. The maximum atomic E-state index is 11.7. The van der Waals surface area contributed by atoms with Gasteiger partial charge in [0.25, 0.3) is 0 Å². The summed E-state index contributed by atoms with van der Waals surface area (Å²) in [6, 6.07) is 18.9. The van der Waals surface area contributed by atoms with Crippen LogP contribution in [0.25, 0.3) is 17.1 Å². The van der Waals surface area contributed by atoms with Gasteiger partial charge in [-0.1, -0.05) is 36.4 Å². The molecule has 0 spiro atoms. The average molecular weight is 583 g/mol. The molecule has 2 aromatic carbocycles. The number of aromatic carboxylic acids is 1. The van der Waals surface area contributed by atoms with Crippen molar-refractivity contribution in [3.05, 3.63) is 88.6 Å². The van der Waals surface area contributed by atoms with Crippen LogP contribution in [0.5, 0.6) is 11.6 Å². The number of pyridine rings is 1. The van der Waals surface area contributed by atoms with Gasteiger partial charge < -0.3 is 19.3 Å². The molecule has 9 heteroatoms. The summed E-state index contributed by atoms with van der Waals surface area (Å²) in [7, 11) is 0. The van der Waals surface area contributed by atoms with Gasteiger partial charge in [-0.25, -0.2) is 9.78 Å². The van der Waals surface area contributed by atoms with E-state index in [2.05, 4.69) is 35.1 Å². The Labute approximate surface area is 252 Å². The zero-order valence-electron chi connectivity index (χ0n) is 25.0. The number of aromatic nitrogens is 3. The van der Waals surface area contributed by atoms with E-state index in [1.165, 1.54) is 22.0 Å². The number of nitrogens with zero attached hydrogens (tertiary/aromatic N) is 4. The number of benzene rings is 2. The van der Waals surface area contributed by atoms with Crippen molar-refractivity contribution < 1.29 is 24.1 Å². The van der Waals surface area contributed by atoms with Gasteiger partial charge in [0.2, 0.25) is 5.88 Å². The summed E-state index contributed by atoms with van der Waals surface area (Å²) in [6.07, 6.45) is 4.89. The summed E-state index contributed by atoms with van der Waals surface area (Å²) in [5.41, 5.74) is 6.49. The van der Waals surface area contributed by atoms with Crippen molar-refractivity contribution in [1.82, 2.24) is 19.7 Å². The molecular weight excluding hydrogens is 544 g/mol. The average Bonchev–Trinajstić information content (AvgIpc) is 3.44. The molecule has 2 aliphatic rings. The monoisotopic (exact) mass is 582 g/mol. The summed E-state index contributed by atoms with van der Waals surface area (Å²) >= 11 is 0. The molecule has 4 heterocycles. The summed E-state index contributed by atoms with van der Waals surface area (Å²) in [5.74, 6) is 0.271. The first kappa shape index (κ1) is 28.9. The van der Waals surface area contributed by atoms with Crippen LogP contribution in [0.2, 0.25) is 0 Å². The fourth-order valence-electron chi connectivity index (χ4n) is 6.15. The SMILES string of the molecule is CCOc1c(C(=O)O)cnn1-c1cccc(-c2cccc(C)c2OCc2ccc3c(c2)CCN(C2CCOC(C)C2)C3)n1. The molecule has 0 saturated carbocycles. The summed E-state index contributed by atoms with van der Waals surface area (Å²) in [4.78, 5) is 19.1. The number of carbonyl (C=O) groups is 1. The third kappa shape index (κ3) is 6.14. The minimum absolute atomic E-state index is 0.00965. The van der Waals surface area contributed by atoms with Gasteiger partial charge in [-0.15, -0.1) is 0 Å². The number of aryl methyl sites for hydroxylation is 1. The maximum absolute atomic E-state index is 11.7. The van der Waals surface area contributed by atoms with Gasteiger partial charge >= 0.3 is 5.97 Å². The molecule has 43 heavy (non-hydrogen) atoms. The predicted molar refractivity (Wildman–Crippen MR) is 163 cm³/mol. The van der Waals surface area contributed by atoms with E-state index in [-0.39, 0.29) is 11.4 Å². The molecule has 0 aliphatic carbocycles. The Kier molecular flexibility index (Phi) is 8.44. The number of carboxylic acid groups (broad SMARTS) is 1. The Balaban J connectivity index is 1.21. The zero-order chi connectivity index (χ0) is 29.9. The number of hydrogen-bond donors (Lipinski definition) is 1. The van der Waals surface area contributed by atoms with Crippen LogP contribution in [0.1, 0.15) is 59.3 Å². The lowest BCUT2D eigenvalue weighted by molar-refractivity contribution is -0.0206. The molecule has 2 unspecified atom stereocenters. The molecule has 1 saturated heterocycles. The number of para-hydroxylation sites is 1. The van der Waals surface area contributed by atoms with Crippen LogP contribution in [0.4, 0.5) is 0 Å². The zero-order valence-corrected chi connectivity index (χ0v) is 25.0. The maximum Gasteiger partial charge on any atom is 0.342 e. The van der Waals surface area contributed by atoms with Crippen molar-refractivity contribution in [2.75, 3.05) is 19.8 Å². The van der Waals surface area contributed by atoms with E-state index >= 15 is 0 Å². The highest BCUT2D eigenvalue weighted by Gasteiger charge is 2.28. The van der Waals surface area contributed by atoms with Gasteiger partial charge in [0, 0.05) is 31.3 Å². The number of rotatable bonds is 9. The van der Waals surface area contributed by atoms with Crippen molar-refractivity contribution in [3.63, 3.8) is 0 Å². The first-order valence-corrected chi connectivity index (χ1v) is 15.0. The van der Waals surface area contributed by atoms with E-state index in [4.69, 9.17) is 19.2 Å². The molecule has 2 aromatic heterocycles. The standard InChI is InChI=1S/C34H38N4O5/c1-4-41-33-29(34(39)40)19-35-38(33)31-10-6-9-30(36-31)28-8-5-7-22(2)32(28)43-21-24-11-12-26-20-37(15-13-25(26)18-24)27-14-16-42-23(3)17-27/h5-12,18-19,23,27H,4,13-17,20-21H2,1-3H3,(H,39,40). The molecule has 0 amide bonds. The molecule has 2 atom stereocenters. The van der Waals surface area contributed by atoms with Crippen LogP contribution in [-0.4, -0.2) is 62.6 Å². The molecule has 1 fully saturated rings. The number of ether oxygens (including phenoxy) is 3. The van der Waals surface area contributed by atoms with Crippen LogP contribution in [0.3, 0.4) is 0 Å². The third-order valence-corrected chi connectivity index (χ3v) is 8.35. The van der Waals surface area contributed by atoms with E-state index in [9.17, 15) is 9.90 Å². The van der Waals surface area contributed by atoms with Crippen molar-refractivity contribution in [2.24, 2.45) is 0 Å². The highest BCUT2D eigenvalue weighted by atomic mass is 16.5. The normalized spacial score (nSPS) is 18.7. The molecule has 0 bridgehead atoms. The van der Waals surface area contributed by atoms with E-state index in [0.717, 1.165) is 61.4 Å². The lowest BCUT2D eigenvalue weighted by atomic mass is 9.94. The molecule has 2 aliphatic heterocycles. The highest BCUT2D eigenvalue weighted by Crippen LogP contribution is 2.34. The lowest BCUT2D eigenvalue weighted by Gasteiger charge is -2.39. The van der Waals surface area contributed by atoms with Gasteiger partial charge in [-0.05, 0) is 80.5 Å². The van der Waals surface area contributed by atoms with Gasteiger partial charge in [0.15, 0.2) is 5.82 Å². The van der Waals surface area contributed by atoms with Gasteiger partial charge in [-0.3, -0.25) is 4.90 Å². The number of hydrogen-bond acceptors (Lipinski definition) is 7. The van der Waals surface area contributed by atoms with Gasteiger partial charge in [0.1, 0.15) is 17.9 Å². The van der Waals surface area contributed by atoms with Crippen molar-refractivity contribution in [1.29, 1.82) is 0 Å². The largest absolute Gasteiger partial charge is 0.488 e. The summed E-state index contributed by atoms with van der Waals surface area (Å²) in [5, 5.41) is 13.8. The Bertz CT molecular complexity index is 1620. The summed E-state index contributed by atoms with van der Waals surface area (Å²) < 4.78 is 19.3. The third-order valence-electron chi connectivity index (χ3n) is 8.35. The Morgan fingerprint density at radius 2 is 1.98 bits per heavy atom. The number of carboxylic acids is 1. The topological polar surface area (TPSA) is 98.9 Å². The minimum atomic E-state index is -1.10. The van der Waals surface area contributed by atoms with Crippen LogP contribution in [0, 0.1) is 6.92 Å².